The molecule has 0 radical (unpaired) electrons. The fourth-order valence-corrected chi connectivity index (χ4v) is 3.59. The van der Waals surface area contributed by atoms with Crippen LogP contribution in [0.1, 0.15) is 38.2 Å². The van der Waals surface area contributed by atoms with E-state index >= 15 is 0 Å². The minimum absolute atomic E-state index is 0.170. The molecule has 1 amide bonds. The number of carbonyl (C=O) groups is 1. The summed E-state index contributed by atoms with van der Waals surface area (Å²) in [6.45, 7) is 5.98. The summed E-state index contributed by atoms with van der Waals surface area (Å²) in [5.41, 5.74) is 1.12. The van der Waals surface area contributed by atoms with Crippen LogP contribution in [0.2, 0.25) is 0 Å². The van der Waals surface area contributed by atoms with Crippen LogP contribution >= 0.6 is 15.9 Å². The van der Waals surface area contributed by atoms with Crippen LogP contribution in [0.3, 0.4) is 0 Å². The Morgan fingerprint density at radius 1 is 1.07 bits per heavy atom. The molecule has 6 nitrogen and oxygen atoms in total. The second-order valence-corrected chi connectivity index (χ2v) is 7.78. The number of methoxy groups -OCH3 is 2. The third-order valence-corrected chi connectivity index (χ3v) is 5.61. The molecule has 0 unspecified atom stereocenters. The van der Waals surface area contributed by atoms with E-state index in [9.17, 15) is 4.79 Å². The Labute approximate surface area is 182 Å². The predicted molar refractivity (Wildman–Crippen MR) is 117 cm³/mol. The quantitative estimate of drug-likeness (QED) is 0.422. The van der Waals surface area contributed by atoms with E-state index in [-0.39, 0.29) is 12.7 Å². The number of unbranched alkanes of at least 4 members (excludes halogenated alkanes) is 3. The summed E-state index contributed by atoms with van der Waals surface area (Å²) in [5.74, 6) is 7.39. The summed E-state index contributed by atoms with van der Waals surface area (Å²) in [6, 6.07) is 3.91. The van der Waals surface area contributed by atoms with Crippen molar-refractivity contribution in [3.8, 4) is 23.3 Å². The van der Waals surface area contributed by atoms with Crippen LogP contribution in [0.25, 0.3) is 0 Å². The van der Waals surface area contributed by atoms with Crippen molar-refractivity contribution in [2.75, 3.05) is 47.0 Å². The Bertz CT molecular complexity index is 722. The first-order valence-corrected chi connectivity index (χ1v) is 10.9. The molecule has 1 aliphatic rings. The number of piperazine rings is 1. The molecule has 0 bridgehead atoms. The minimum Gasteiger partial charge on any atom is -0.493 e. The molecule has 1 aliphatic heterocycles. The molecular weight excluding hydrogens is 436 g/mol. The number of nitrogens with zero attached hydrogens (tertiary/aromatic N) is 2. The van der Waals surface area contributed by atoms with Gasteiger partial charge in [0, 0.05) is 43.6 Å². The highest BCUT2D eigenvalue weighted by molar-refractivity contribution is 9.10. The summed E-state index contributed by atoms with van der Waals surface area (Å²) in [4.78, 5) is 16.2. The molecule has 160 valence electrons. The van der Waals surface area contributed by atoms with Gasteiger partial charge in [-0.05, 0) is 24.1 Å². The molecule has 1 aromatic carbocycles. The maximum atomic E-state index is 12.2. The number of halogens is 1. The Kier molecular flexibility index (Phi) is 10.2. The van der Waals surface area contributed by atoms with Gasteiger partial charge in [-0.25, -0.2) is 4.79 Å². The Morgan fingerprint density at radius 2 is 1.76 bits per heavy atom. The van der Waals surface area contributed by atoms with Gasteiger partial charge in [-0.3, -0.25) is 4.90 Å². The molecule has 29 heavy (non-hydrogen) atoms. The summed E-state index contributed by atoms with van der Waals surface area (Å²) in [6.07, 6.45) is 4.08. The molecule has 1 fully saturated rings. The Morgan fingerprint density at radius 3 is 2.41 bits per heavy atom. The van der Waals surface area contributed by atoms with Crippen LogP contribution in [0.5, 0.6) is 11.5 Å². The molecule has 1 heterocycles. The molecule has 7 heteroatoms. The van der Waals surface area contributed by atoms with Crippen molar-refractivity contribution < 1.29 is 19.0 Å². The zero-order valence-electron chi connectivity index (χ0n) is 17.6. The fraction of sp³-hybridized carbons (Fsp3) is 0.591. The van der Waals surface area contributed by atoms with Crippen molar-refractivity contribution >= 4 is 22.0 Å². The van der Waals surface area contributed by atoms with Crippen LogP contribution in [-0.4, -0.2) is 62.9 Å². The summed E-state index contributed by atoms with van der Waals surface area (Å²) in [5, 5.41) is 0. The van der Waals surface area contributed by atoms with Gasteiger partial charge in [0.1, 0.15) is 0 Å². The monoisotopic (exact) mass is 466 g/mol. The first-order valence-electron chi connectivity index (χ1n) is 10.1. The number of amides is 1. The van der Waals surface area contributed by atoms with E-state index in [1.807, 2.05) is 12.1 Å². The standard InChI is InChI=1S/C22H31BrN2O4/c1-4-5-6-7-8-9-14-29-22(26)25-12-10-24(11-13-25)17-18-15-20(27-2)21(28-3)16-19(18)23/h15-16H,4-7,10-14,17H2,1-3H3. The lowest BCUT2D eigenvalue weighted by molar-refractivity contribution is 0.0823. The van der Waals surface area contributed by atoms with E-state index in [2.05, 4.69) is 39.6 Å². The summed E-state index contributed by atoms with van der Waals surface area (Å²) >= 11 is 3.61. The SMILES string of the molecule is CCCCCC#CCOC(=O)N1CCN(Cc2cc(OC)c(OC)cc2Br)CC1. The van der Waals surface area contributed by atoms with E-state index in [4.69, 9.17) is 14.2 Å². The highest BCUT2D eigenvalue weighted by Gasteiger charge is 2.23. The second kappa shape index (κ2) is 12.6. The smallest absolute Gasteiger partial charge is 0.410 e. The van der Waals surface area contributed by atoms with E-state index in [1.54, 1.807) is 19.1 Å². The van der Waals surface area contributed by atoms with Gasteiger partial charge in [-0.15, -0.1) is 0 Å². The number of carbonyl (C=O) groups excluding carboxylic acids is 1. The van der Waals surface area contributed by atoms with Crippen molar-refractivity contribution in [1.82, 2.24) is 9.80 Å². The van der Waals surface area contributed by atoms with Crippen LogP contribution in [0.15, 0.2) is 16.6 Å². The van der Waals surface area contributed by atoms with Crippen LogP contribution in [0, 0.1) is 11.8 Å². The summed E-state index contributed by atoms with van der Waals surface area (Å²) in [7, 11) is 3.26. The molecule has 0 aromatic heterocycles. The van der Waals surface area contributed by atoms with E-state index in [1.165, 1.54) is 12.8 Å². The maximum Gasteiger partial charge on any atom is 0.410 e. The zero-order chi connectivity index (χ0) is 21.1. The van der Waals surface area contributed by atoms with Gasteiger partial charge >= 0.3 is 6.09 Å². The number of hydrogen-bond acceptors (Lipinski definition) is 5. The molecule has 0 N–H and O–H groups in total. The number of rotatable bonds is 8. The van der Waals surface area contributed by atoms with Crippen LogP contribution in [-0.2, 0) is 11.3 Å². The maximum absolute atomic E-state index is 12.2. The van der Waals surface area contributed by atoms with Crippen molar-refractivity contribution in [2.24, 2.45) is 0 Å². The van der Waals surface area contributed by atoms with Gasteiger partial charge in [0.25, 0.3) is 0 Å². The van der Waals surface area contributed by atoms with Crippen LogP contribution in [0.4, 0.5) is 4.79 Å². The van der Waals surface area contributed by atoms with Gasteiger partial charge in [0.05, 0.1) is 14.2 Å². The van der Waals surface area contributed by atoms with Gasteiger partial charge in [0.15, 0.2) is 18.1 Å². The topological polar surface area (TPSA) is 51.2 Å². The molecule has 0 atom stereocenters. The van der Waals surface area contributed by atoms with Gasteiger partial charge in [0.2, 0.25) is 0 Å². The van der Waals surface area contributed by atoms with Crippen LogP contribution < -0.4 is 9.47 Å². The molecule has 0 saturated carbocycles. The van der Waals surface area contributed by atoms with Crippen molar-refractivity contribution in [3.05, 3.63) is 22.2 Å². The third-order valence-electron chi connectivity index (χ3n) is 4.88. The van der Waals surface area contributed by atoms with E-state index < -0.39 is 0 Å². The molecule has 0 aliphatic carbocycles. The van der Waals surface area contributed by atoms with Gasteiger partial charge in [-0.1, -0.05) is 47.5 Å². The average Bonchev–Trinajstić information content (AvgIpc) is 2.74. The van der Waals surface area contributed by atoms with Crippen molar-refractivity contribution in [1.29, 1.82) is 0 Å². The van der Waals surface area contributed by atoms with Crippen molar-refractivity contribution in [2.45, 2.75) is 39.2 Å². The second-order valence-electron chi connectivity index (χ2n) is 6.93. The minimum atomic E-state index is -0.278. The zero-order valence-corrected chi connectivity index (χ0v) is 19.2. The van der Waals surface area contributed by atoms with Gasteiger partial charge in [-0.2, -0.15) is 0 Å². The lowest BCUT2D eigenvalue weighted by Gasteiger charge is -2.34. The largest absolute Gasteiger partial charge is 0.493 e. The predicted octanol–water partition coefficient (Wildman–Crippen LogP) is 4.30. The normalized spacial score (nSPS) is 14.1. The van der Waals surface area contributed by atoms with Crippen molar-refractivity contribution in [3.63, 3.8) is 0 Å². The Balaban J connectivity index is 1.77. The fourth-order valence-electron chi connectivity index (χ4n) is 3.14. The van der Waals surface area contributed by atoms with E-state index in [0.717, 1.165) is 42.5 Å². The molecule has 0 spiro atoms. The number of hydrogen-bond donors (Lipinski definition) is 0. The lowest BCUT2D eigenvalue weighted by atomic mass is 10.1. The lowest BCUT2D eigenvalue weighted by Crippen LogP contribution is -2.48. The third kappa shape index (κ3) is 7.45. The average molecular weight is 467 g/mol. The van der Waals surface area contributed by atoms with E-state index in [0.29, 0.717) is 24.6 Å². The first-order chi connectivity index (χ1) is 14.1. The number of ether oxygens (including phenoxy) is 3. The Hall–Kier alpha value is -1.91. The molecule has 2 rings (SSSR count). The number of benzene rings is 1. The molecule has 1 saturated heterocycles. The van der Waals surface area contributed by atoms with Gasteiger partial charge < -0.3 is 19.1 Å². The molecular formula is C22H31BrN2O4. The summed E-state index contributed by atoms with van der Waals surface area (Å²) < 4.78 is 17.0. The highest BCUT2D eigenvalue weighted by Crippen LogP contribution is 2.34. The first kappa shape index (κ1) is 23.4. The highest BCUT2D eigenvalue weighted by atomic mass is 79.9. The molecule has 1 aromatic rings.